The van der Waals surface area contributed by atoms with Crippen molar-refractivity contribution in [2.45, 2.75) is 13.5 Å². The molecule has 28 heavy (non-hydrogen) atoms. The quantitative estimate of drug-likeness (QED) is 0.613. The lowest BCUT2D eigenvalue weighted by Gasteiger charge is -2.36. The smallest absolute Gasteiger partial charge is 0.289 e. The summed E-state index contributed by atoms with van der Waals surface area (Å²) in [5.74, 6) is 1.85. The van der Waals surface area contributed by atoms with E-state index < -0.39 is 0 Å². The van der Waals surface area contributed by atoms with E-state index >= 15 is 0 Å². The van der Waals surface area contributed by atoms with Gasteiger partial charge < -0.3 is 24.3 Å². The van der Waals surface area contributed by atoms with Gasteiger partial charge in [0.1, 0.15) is 5.75 Å². The number of halogens is 1. The minimum atomic E-state index is -0.0718. The molecule has 2 aromatic rings. The number of hydrogen-bond donors (Lipinski definition) is 1. The van der Waals surface area contributed by atoms with Crippen LogP contribution in [0.3, 0.4) is 0 Å². The Bertz CT molecular complexity index is 815. The summed E-state index contributed by atoms with van der Waals surface area (Å²) >= 11 is 6.03. The third-order valence-corrected chi connectivity index (χ3v) is 4.82. The summed E-state index contributed by atoms with van der Waals surface area (Å²) in [6.45, 7) is 5.93. The zero-order valence-corrected chi connectivity index (χ0v) is 16.9. The van der Waals surface area contributed by atoms with Gasteiger partial charge in [0.25, 0.3) is 5.91 Å². The van der Waals surface area contributed by atoms with Gasteiger partial charge >= 0.3 is 0 Å². The van der Waals surface area contributed by atoms with Gasteiger partial charge in [0, 0.05) is 43.3 Å². The number of methoxy groups -OCH3 is 1. The number of furan rings is 1. The first-order valence-corrected chi connectivity index (χ1v) is 9.68. The first-order valence-electron chi connectivity index (χ1n) is 9.30. The molecule has 0 atom stereocenters. The maximum Gasteiger partial charge on any atom is 0.289 e. The van der Waals surface area contributed by atoms with E-state index in [1.54, 1.807) is 30.2 Å². The number of nitrogens with zero attached hydrogens (tertiary/aromatic N) is 3. The zero-order valence-electron chi connectivity index (χ0n) is 16.2. The highest BCUT2D eigenvalue weighted by Crippen LogP contribution is 2.23. The number of ether oxygens (including phenoxy) is 1. The fourth-order valence-corrected chi connectivity index (χ4v) is 3.27. The van der Waals surface area contributed by atoms with E-state index in [0.717, 1.165) is 23.8 Å². The van der Waals surface area contributed by atoms with Crippen molar-refractivity contribution in [1.29, 1.82) is 0 Å². The van der Waals surface area contributed by atoms with E-state index in [9.17, 15) is 4.79 Å². The van der Waals surface area contributed by atoms with Gasteiger partial charge in [-0.1, -0.05) is 17.7 Å². The molecule has 1 aliphatic rings. The van der Waals surface area contributed by atoms with Crippen LogP contribution in [0, 0.1) is 0 Å². The first-order chi connectivity index (χ1) is 13.6. The summed E-state index contributed by atoms with van der Waals surface area (Å²) in [6.07, 6.45) is 1.52. The van der Waals surface area contributed by atoms with Gasteiger partial charge in [-0.25, -0.2) is 4.99 Å². The van der Waals surface area contributed by atoms with Gasteiger partial charge in [-0.3, -0.25) is 4.79 Å². The Hall–Kier alpha value is -2.67. The Balaban J connectivity index is 1.64. The maximum absolute atomic E-state index is 12.4. The number of aliphatic imine (C=N–C) groups is 1. The summed E-state index contributed by atoms with van der Waals surface area (Å²) in [6, 6.07) is 8.97. The van der Waals surface area contributed by atoms with Crippen LogP contribution in [0.15, 0.2) is 46.0 Å². The molecule has 1 aliphatic heterocycles. The fraction of sp³-hybridized carbons (Fsp3) is 0.400. The van der Waals surface area contributed by atoms with E-state index in [1.807, 2.05) is 19.1 Å². The topological polar surface area (TPSA) is 70.3 Å². The standard InChI is InChI=1S/C20H25ClN4O3/c1-3-22-20(23-14-15-6-7-16(21)13-18(15)27-2)25-10-8-24(9-11-25)19(26)17-5-4-12-28-17/h4-7,12-13H,3,8-11,14H2,1-2H3,(H,22,23). The van der Waals surface area contributed by atoms with E-state index in [1.165, 1.54) is 6.26 Å². The zero-order chi connectivity index (χ0) is 19.9. The van der Waals surface area contributed by atoms with Crippen LogP contribution in [0.5, 0.6) is 5.75 Å². The molecule has 1 saturated heterocycles. The molecule has 1 aromatic carbocycles. The Morgan fingerprint density at radius 2 is 2.00 bits per heavy atom. The lowest BCUT2D eigenvalue weighted by atomic mass is 10.2. The highest BCUT2D eigenvalue weighted by Gasteiger charge is 2.25. The molecule has 2 heterocycles. The Morgan fingerprint density at radius 1 is 1.25 bits per heavy atom. The Labute approximate surface area is 169 Å². The van der Waals surface area contributed by atoms with Crippen molar-refractivity contribution in [2.24, 2.45) is 4.99 Å². The Morgan fingerprint density at radius 3 is 2.64 bits per heavy atom. The van der Waals surface area contributed by atoms with Crippen LogP contribution in [-0.4, -0.2) is 61.5 Å². The third-order valence-electron chi connectivity index (χ3n) is 4.58. The fourth-order valence-electron chi connectivity index (χ4n) is 3.11. The van der Waals surface area contributed by atoms with Crippen molar-refractivity contribution < 1.29 is 13.9 Å². The summed E-state index contributed by atoms with van der Waals surface area (Å²) in [5.41, 5.74) is 0.967. The molecule has 7 nitrogen and oxygen atoms in total. The molecule has 0 radical (unpaired) electrons. The summed E-state index contributed by atoms with van der Waals surface area (Å²) in [5, 5.41) is 3.96. The number of benzene rings is 1. The number of nitrogens with one attached hydrogen (secondary N) is 1. The largest absolute Gasteiger partial charge is 0.496 e. The monoisotopic (exact) mass is 404 g/mol. The highest BCUT2D eigenvalue weighted by atomic mass is 35.5. The first kappa shape index (κ1) is 20.1. The minimum absolute atomic E-state index is 0.0718. The molecular formula is C20H25ClN4O3. The molecule has 0 bridgehead atoms. The van der Waals surface area contributed by atoms with Crippen molar-refractivity contribution >= 4 is 23.5 Å². The molecule has 1 N–H and O–H groups in total. The summed E-state index contributed by atoms with van der Waals surface area (Å²) < 4.78 is 10.6. The normalized spacial score (nSPS) is 14.9. The predicted octanol–water partition coefficient (Wildman–Crippen LogP) is 2.87. The SMILES string of the molecule is CCNC(=NCc1ccc(Cl)cc1OC)N1CCN(C(=O)c2ccco2)CC1. The molecule has 150 valence electrons. The number of carbonyl (C=O) groups is 1. The van der Waals surface area contributed by atoms with Crippen molar-refractivity contribution in [3.63, 3.8) is 0 Å². The molecule has 3 rings (SSSR count). The molecule has 1 amide bonds. The summed E-state index contributed by atoms with van der Waals surface area (Å²) in [4.78, 5) is 21.1. The molecule has 8 heteroatoms. The number of amides is 1. The predicted molar refractivity (Wildman–Crippen MR) is 109 cm³/mol. The van der Waals surface area contributed by atoms with E-state index in [-0.39, 0.29) is 5.91 Å². The Kier molecular flexibility index (Phi) is 6.81. The molecule has 0 saturated carbocycles. The lowest BCUT2D eigenvalue weighted by Crippen LogP contribution is -2.53. The van der Waals surface area contributed by atoms with Crippen molar-refractivity contribution in [2.75, 3.05) is 39.8 Å². The van der Waals surface area contributed by atoms with E-state index in [2.05, 4.69) is 10.2 Å². The third kappa shape index (κ3) is 4.78. The highest BCUT2D eigenvalue weighted by molar-refractivity contribution is 6.30. The van der Waals surface area contributed by atoms with Crippen LogP contribution in [0.25, 0.3) is 0 Å². The van der Waals surface area contributed by atoms with Crippen LogP contribution in [0.2, 0.25) is 5.02 Å². The van der Waals surface area contributed by atoms with Crippen LogP contribution < -0.4 is 10.1 Å². The molecular weight excluding hydrogens is 380 g/mol. The van der Waals surface area contributed by atoms with Crippen LogP contribution in [0.1, 0.15) is 23.0 Å². The number of rotatable bonds is 5. The molecule has 0 unspecified atom stereocenters. The van der Waals surface area contributed by atoms with Crippen LogP contribution in [0.4, 0.5) is 0 Å². The second-order valence-corrected chi connectivity index (χ2v) is 6.82. The molecule has 0 aliphatic carbocycles. The second kappa shape index (κ2) is 9.50. The van der Waals surface area contributed by atoms with E-state index in [0.29, 0.717) is 43.5 Å². The minimum Gasteiger partial charge on any atom is -0.496 e. The van der Waals surface area contributed by atoms with Gasteiger partial charge in [0.15, 0.2) is 11.7 Å². The number of carbonyl (C=O) groups excluding carboxylic acids is 1. The van der Waals surface area contributed by atoms with Crippen molar-refractivity contribution in [1.82, 2.24) is 15.1 Å². The maximum atomic E-state index is 12.4. The van der Waals surface area contributed by atoms with Crippen LogP contribution in [-0.2, 0) is 6.54 Å². The average molecular weight is 405 g/mol. The number of piperazine rings is 1. The number of guanidine groups is 1. The van der Waals surface area contributed by atoms with Crippen molar-refractivity contribution in [3.8, 4) is 5.75 Å². The lowest BCUT2D eigenvalue weighted by molar-refractivity contribution is 0.0657. The number of hydrogen-bond acceptors (Lipinski definition) is 4. The van der Waals surface area contributed by atoms with E-state index in [4.69, 9.17) is 25.7 Å². The van der Waals surface area contributed by atoms with Gasteiger partial charge in [-0.2, -0.15) is 0 Å². The molecule has 0 spiro atoms. The second-order valence-electron chi connectivity index (χ2n) is 6.38. The van der Waals surface area contributed by atoms with Gasteiger partial charge in [-0.15, -0.1) is 0 Å². The molecule has 1 fully saturated rings. The van der Waals surface area contributed by atoms with Crippen molar-refractivity contribution in [3.05, 3.63) is 52.9 Å². The van der Waals surface area contributed by atoms with Gasteiger partial charge in [0.05, 0.1) is 19.9 Å². The van der Waals surface area contributed by atoms with Crippen LogP contribution >= 0.6 is 11.6 Å². The average Bonchev–Trinajstić information content (AvgIpc) is 3.26. The van der Waals surface area contributed by atoms with Gasteiger partial charge in [-0.05, 0) is 31.2 Å². The molecule has 1 aromatic heterocycles. The van der Waals surface area contributed by atoms with Gasteiger partial charge in [0.2, 0.25) is 0 Å². The summed E-state index contributed by atoms with van der Waals surface area (Å²) in [7, 11) is 1.62.